The Bertz CT molecular complexity index is 897. The molecular weight excluding hydrogens is 653 g/mol. The third-order valence-electron chi connectivity index (χ3n) is 6.67. The van der Waals surface area contributed by atoms with Crippen molar-refractivity contribution in [2.45, 2.75) is 44.9 Å². The SMILES string of the molecule is O=C(O)C1CCC(C=CC2CCC[N-]C2)CC1.O=C(O)c1ccc(C=CC2=CCC[N-]C2)cc1.[NH2-].[NH2-].[Zn+2].[Zn].[Zn]. The van der Waals surface area contributed by atoms with Gasteiger partial charge in [-0.05, 0) is 55.2 Å². The number of carboxylic acids is 2. The van der Waals surface area contributed by atoms with Gasteiger partial charge in [-0.25, -0.2) is 4.79 Å². The molecule has 39 heavy (non-hydrogen) atoms. The molecule has 1 aliphatic carbocycles. The van der Waals surface area contributed by atoms with Gasteiger partial charge in [0.1, 0.15) is 0 Å². The molecule has 0 bridgehead atoms. The zero-order chi connectivity index (χ0) is 24.2. The van der Waals surface area contributed by atoms with Crippen molar-refractivity contribution >= 4 is 18.0 Å². The minimum atomic E-state index is -0.894. The molecule has 1 saturated carbocycles. The largest absolute Gasteiger partial charge is 2.00 e. The summed E-state index contributed by atoms with van der Waals surface area (Å²) in [5.41, 5.74) is 2.54. The number of benzene rings is 1. The first-order valence-corrected chi connectivity index (χ1v) is 12.4. The maximum atomic E-state index is 10.8. The fourth-order valence-electron chi connectivity index (χ4n) is 4.52. The van der Waals surface area contributed by atoms with Gasteiger partial charge < -0.3 is 33.1 Å². The number of hydrogen-bond donors (Lipinski definition) is 2. The molecule has 2 fully saturated rings. The van der Waals surface area contributed by atoms with Gasteiger partial charge in [0.25, 0.3) is 0 Å². The minimum Gasteiger partial charge on any atom is -0.693 e. The van der Waals surface area contributed by atoms with Gasteiger partial charge in [0.2, 0.25) is 0 Å². The topological polar surface area (TPSA) is 170 Å². The normalized spacial score (nSPS) is 22.2. The van der Waals surface area contributed by atoms with E-state index in [9.17, 15) is 9.59 Å². The van der Waals surface area contributed by atoms with E-state index in [4.69, 9.17) is 10.2 Å². The maximum Gasteiger partial charge on any atom is 2.00 e. The number of nitrogens with zero attached hydrogens (tertiary/aromatic N) is 2. The molecule has 0 spiro atoms. The quantitative estimate of drug-likeness (QED) is 0.230. The van der Waals surface area contributed by atoms with E-state index < -0.39 is 11.9 Å². The number of piperidine rings is 1. The Morgan fingerprint density at radius 2 is 1.46 bits per heavy atom. The van der Waals surface area contributed by atoms with E-state index in [1.54, 1.807) is 24.3 Å². The van der Waals surface area contributed by atoms with Gasteiger partial charge in [0.15, 0.2) is 0 Å². The Morgan fingerprint density at radius 1 is 0.821 bits per heavy atom. The summed E-state index contributed by atoms with van der Waals surface area (Å²) in [4.78, 5) is 21.5. The van der Waals surface area contributed by atoms with Crippen LogP contribution in [0.5, 0.6) is 0 Å². The fraction of sp³-hybridized carbons (Fsp3) is 0.500. The molecule has 0 amide bonds. The van der Waals surface area contributed by atoms with E-state index in [2.05, 4.69) is 28.9 Å². The van der Waals surface area contributed by atoms with E-state index in [0.29, 0.717) is 17.4 Å². The van der Waals surface area contributed by atoms with Crippen molar-refractivity contribution in [3.05, 3.63) is 88.2 Å². The molecule has 1 aromatic rings. The molecule has 1 atom stereocenters. The summed E-state index contributed by atoms with van der Waals surface area (Å²) < 4.78 is 0. The number of allylic oxidation sites excluding steroid dienone is 1. The maximum absolute atomic E-state index is 10.8. The van der Waals surface area contributed by atoms with Crippen molar-refractivity contribution in [2.75, 3.05) is 26.2 Å². The van der Waals surface area contributed by atoms with Crippen LogP contribution >= 0.6 is 0 Å². The van der Waals surface area contributed by atoms with Crippen LogP contribution in [0.25, 0.3) is 29.0 Å². The van der Waals surface area contributed by atoms with Gasteiger partial charge in [-0.3, -0.25) is 4.79 Å². The van der Waals surface area contributed by atoms with E-state index in [1.165, 1.54) is 18.4 Å². The third kappa shape index (κ3) is 16.2. The van der Waals surface area contributed by atoms with Crippen LogP contribution in [0.1, 0.15) is 60.9 Å². The Hall–Kier alpha value is -0.910. The number of carbonyl (C=O) groups is 2. The Balaban J connectivity index is -0.000000589. The van der Waals surface area contributed by atoms with E-state index >= 15 is 0 Å². The van der Waals surface area contributed by atoms with Crippen LogP contribution in [0.15, 0.2) is 54.1 Å². The molecular formula is C28H40N4O4Zn3-2. The van der Waals surface area contributed by atoms with Crippen LogP contribution < -0.4 is 0 Å². The smallest absolute Gasteiger partial charge is 0.693 e. The zero-order valence-electron chi connectivity index (χ0n) is 23.1. The standard InChI is InChI=1S/C14H22NO2.C14H14NO2.2H2N.3Zn/c2*16-14(17)13-7-5-11(6-8-13)3-4-12-2-1-9-15-10-12;;;;;/h3-4,11-13H,1-2,5-10H2,(H,16,17);2-8H,1,9-10H2,(H,16,17);2*1H2;;;/q4*-1;;;+2. The number of hydrogen-bond acceptors (Lipinski definition) is 2. The molecule has 6 N–H and O–H groups in total. The van der Waals surface area contributed by atoms with Crippen molar-refractivity contribution in [1.82, 2.24) is 0 Å². The second-order valence-corrected chi connectivity index (χ2v) is 9.30. The van der Waals surface area contributed by atoms with E-state index in [1.807, 2.05) is 12.2 Å². The van der Waals surface area contributed by atoms with E-state index in [-0.39, 0.29) is 76.7 Å². The van der Waals surface area contributed by atoms with Crippen LogP contribution in [-0.4, -0.2) is 48.3 Å². The monoisotopic (exact) mass is 688 g/mol. The van der Waals surface area contributed by atoms with Crippen LogP contribution in [-0.2, 0) is 63.2 Å². The first-order valence-electron chi connectivity index (χ1n) is 12.4. The minimum absolute atomic E-state index is 0. The van der Waals surface area contributed by atoms with Crippen LogP contribution in [0.4, 0.5) is 0 Å². The number of aromatic carboxylic acids is 1. The second-order valence-electron chi connectivity index (χ2n) is 9.30. The zero-order valence-corrected chi connectivity index (χ0v) is 32.0. The first kappa shape index (κ1) is 42.6. The molecule has 4 rings (SSSR count). The summed E-state index contributed by atoms with van der Waals surface area (Å²) in [5.74, 6) is -0.356. The van der Waals surface area contributed by atoms with Crippen molar-refractivity contribution in [1.29, 1.82) is 0 Å². The molecule has 0 aromatic heterocycles. The molecule has 1 saturated heterocycles. The van der Waals surface area contributed by atoms with Gasteiger partial charge in [-0.2, -0.15) is 0 Å². The Morgan fingerprint density at radius 3 is 1.97 bits per heavy atom. The molecule has 11 heteroatoms. The van der Waals surface area contributed by atoms with Gasteiger partial charge in [-0.1, -0.05) is 67.3 Å². The van der Waals surface area contributed by atoms with Crippen LogP contribution in [0.3, 0.4) is 0 Å². The predicted octanol–water partition coefficient (Wildman–Crippen LogP) is 7.75. The average Bonchev–Trinajstić information content (AvgIpc) is 2.88. The van der Waals surface area contributed by atoms with Gasteiger partial charge >= 0.3 is 31.4 Å². The van der Waals surface area contributed by atoms with Crippen molar-refractivity contribution in [3.63, 3.8) is 0 Å². The molecule has 0 radical (unpaired) electrons. The van der Waals surface area contributed by atoms with Crippen LogP contribution in [0, 0.1) is 17.8 Å². The summed E-state index contributed by atoms with van der Waals surface area (Å²) in [6, 6.07) is 6.84. The number of aliphatic carboxylic acids is 1. The summed E-state index contributed by atoms with van der Waals surface area (Å²) in [6.45, 7) is 3.73. The molecule has 3 aliphatic rings. The Kier molecular flexibility index (Phi) is 25.9. The summed E-state index contributed by atoms with van der Waals surface area (Å²) in [7, 11) is 0. The Labute approximate surface area is 271 Å². The summed E-state index contributed by atoms with van der Waals surface area (Å²) in [5, 5.41) is 26.4. The van der Waals surface area contributed by atoms with Crippen molar-refractivity contribution < 1.29 is 78.2 Å². The second kappa shape index (κ2) is 23.8. The van der Waals surface area contributed by atoms with E-state index in [0.717, 1.165) is 63.8 Å². The number of carboxylic acid groups (broad SMARTS) is 2. The molecule has 8 nitrogen and oxygen atoms in total. The van der Waals surface area contributed by atoms with Gasteiger partial charge in [0.05, 0.1) is 11.5 Å². The molecule has 2 heterocycles. The predicted molar refractivity (Wildman–Crippen MR) is 147 cm³/mol. The average molecular weight is 693 g/mol. The third-order valence-corrected chi connectivity index (χ3v) is 6.67. The molecule has 1 aromatic carbocycles. The molecule has 2 aliphatic heterocycles. The summed E-state index contributed by atoms with van der Waals surface area (Å²) in [6.07, 6.45) is 18.1. The molecule has 204 valence electrons. The number of rotatable bonds is 6. The first-order chi connectivity index (χ1) is 16.5. The fourth-order valence-corrected chi connectivity index (χ4v) is 4.52. The van der Waals surface area contributed by atoms with Gasteiger partial charge in [-0.15, -0.1) is 26.2 Å². The molecule has 1 unspecified atom stereocenters. The van der Waals surface area contributed by atoms with Crippen LogP contribution in [0.2, 0.25) is 0 Å². The summed E-state index contributed by atoms with van der Waals surface area (Å²) >= 11 is 0. The number of nitrogens with two attached hydrogens (primary N) is 2. The van der Waals surface area contributed by atoms with Crippen molar-refractivity contribution in [2.24, 2.45) is 17.8 Å². The van der Waals surface area contributed by atoms with Crippen molar-refractivity contribution in [3.8, 4) is 0 Å². The van der Waals surface area contributed by atoms with Gasteiger partial charge in [0, 0.05) is 39.0 Å².